The number of benzene rings is 2. The minimum absolute atomic E-state index is 0.00566. The lowest BCUT2D eigenvalue weighted by molar-refractivity contribution is -0.135. The van der Waals surface area contributed by atoms with Crippen molar-refractivity contribution in [3.63, 3.8) is 0 Å². The highest BCUT2D eigenvalue weighted by molar-refractivity contribution is 7.10. The molecule has 5 nitrogen and oxygen atoms in total. The number of nitrogens with zero attached hydrogens (tertiary/aromatic N) is 2. The Morgan fingerprint density at radius 1 is 1.19 bits per heavy atom. The van der Waals surface area contributed by atoms with Gasteiger partial charge in [-0.25, -0.2) is 0 Å². The van der Waals surface area contributed by atoms with Crippen molar-refractivity contribution in [2.45, 2.75) is 39.7 Å². The van der Waals surface area contributed by atoms with Crippen molar-refractivity contribution in [1.29, 1.82) is 0 Å². The number of hydrogen-bond donors (Lipinski definition) is 0. The third-order valence-electron chi connectivity index (χ3n) is 6.87. The Balaban J connectivity index is 1.55. The summed E-state index contributed by atoms with van der Waals surface area (Å²) in [4.78, 5) is 32.0. The Labute approximate surface area is 232 Å². The van der Waals surface area contributed by atoms with E-state index in [2.05, 4.69) is 25.3 Å². The van der Waals surface area contributed by atoms with Gasteiger partial charge in [-0.15, -0.1) is 11.3 Å². The lowest BCUT2D eigenvalue weighted by atomic mass is 10.00. The number of fused-ring (bicyclic) bond motifs is 1. The van der Waals surface area contributed by atoms with Gasteiger partial charge < -0.3 is 14.5 Å². The number of halogens is 2. The molecule has 1 aliphatic heterocycles. The Morgan fingerprint density at radius 3 is 2.73 bits per heavy atom. The van der Waals surface area contributed by atoms with E-state index < -0.39 is 0 Å². The molecule has 2 atom stereocenters. The van der Waals surface area contributed by atoms with Crippen LogP contribution in [-0.2, 0) is 11.2 Å². The zero-order chi connectivity index (χ0) is 26.5. The van der Waals surface area contributed by atoms with Gasteiger partial charge in [-0.2, -0.15) is 0 Å². The number of ether oxygens (including phenoxy) is 1. The fourth-order valence-electron chi connectivity index (χ4n) is 4.54. The van der Waals surface area contributed by atoms with Gasteiger partial charge in [0.1, 0.15) is 18.9 Å². The third kappa shape index (κ3) is 6.67. The molecule has 0 spiro atoms. The zero-order valence-electron chi connectivity index (χ0n) is 21.4. The highest BCUT2D eigenvalue weighted by Gasteiger charge is 2.34. The van der Waals surface area contributed by atoms with Crippen LogP contribution >= 0.6 is 34.5 Å². The number of carbonyl (C=O) groups excluding carboxylic acids is 2. The van der Waals surface area contributed by atoms with Gasteiger partial charge in [0.05, 0.1) is 6.04 Å². The predicted molar refractivity (Wildman–Crippen MR) is 151 cm³/mol. The van der Waals surface area contributed by atoms with Crippen LogP contribution in [-0.4, -0.2) is 47.9 Å². The summed E-state index contributed by atoms with van der Waals surface area (Å²) in [6, 6.07) is 14.3. The number of thiophene rings is 1. The molecule has 196 valence electrons. The molecule has 0 bridgehead atoms. The molecule has 2 heterocycles. The monoisotopic (exact) mass is 558 g/mol. The molecule has 0 radical (unpaired) electrons. The maximum absolute atomic E-state index is 13.8. The molecule has 2 aromatic carbocycles. The Bertz CT molecular complexity index is 1260. The minimum Gasteiger partial charge on any atom is -0.491 e. The number of carbonyl (C=O) groups is 2. The van der Waals surface area contributed by atoms with Crippen LogP contribution in [0.1, 0.15) is 52.7 Å². The molecule has 2 amide bonds. The third-order valence-corrected chi connectivity index (χ3v) is 8.52. The van der Waals surface area contributed by atoms with Crippen LogP contribution in [0, 0.1) is 12.8 Å². The summed E-state index contributed by atoms with van der Waals surface area (Å²) < 4.78 is 6.16. The summed E-state index contributed by atoms with van der Waals surface area (Å²) in [7, 11) is 0. The Hall–Kier alpha value is -2.54. The molecule has 1 aliphatic rings. The van der Waals surface area contributed by atoms with Gasteiger partial charge in [0.25, 0.3) is 5.91 Å². The number of aryl methyl sites for hydroxylation is 1. The average molecular weight is 560 g/mol. The first-order chi connectivity index (χ1) is 17.8. The highest BCUT2D eigenvalue weighted by atomic mass is 35.5. The smallest absolute Gasteiger partial charge is 0.254 e. The van der Waals surface area contributed by atoms with Crippen molar-refractivity contribution < 1.29 is 14.3 Å². The van der Waals surface area contributed by atoms with E-state index in [1.165, 1.54) is 4.88 Å². The van der Waals surface area contributed by atoms with Crippen molar-refractivity contribution in [3.8, 4) is 5.75 Å². The summed E-state index contributed by atoms with van der Waals surface area (Å²) in [5.41, 5.74) is 2.54. The summed E-state index contributed by atoms with van der Waals surface area (Å²) in [6.45, 7) is 7.52. The molecule has 4 rings (SSSR count). The normalized spacial score (nSPS) is 15.7. The van der Waals surface area contributed by atoms with Crippen molar-refractivity contribution in [3.05, 3.63) is 85.5 Å². The second-order valence-electron chi connectivity index (χ2n) is 9.58. The van der Waals surface area contributed by atoms with Gasteiger partial charge in [0.15, 0.2) is 0 Å². The average Bonchev–Trinajstić information content (AvgIpc) is 3.37. The van der Waals surface area contributed by atoms with Crippen LogP contribution in [0.4, 0.5) is 0 Å². The second kappa shape index (κ2) is 12.3. The zero-order valence-corrected chi connectivity index (χ0v) is 23.7. The molecule has 0 N–H and O–H groups in total. The Morgan fingerprint density at radius 2 is 2.00 bits per heavy atom. The lowest BCUT2D eigenvalue weighted by Crippen LogP contribution is -2.48. The molecule has 0 saturated carbocycles. The molecular formula is C29H32Cl2N2O3S. The molecule has 3 aromatic rings. The van der Waals surface area contributed by atoms with E-state index in [1.807, 2.05) is 30.0 Å². The first-order valence-electron chi connectivity index (χ1n) is 12.6. The van der Waals surface area contributed by atoms with Gasteiger partial charge >= 0.3 is 0 Å². The van der Waals surface area contributed by atoms with Gasteiger partial charge in [-0.05, 0) is 78.2 Å². The molecule has 0 fully saturated rings. The number of amides is 2. The van der Waals surface area contributed by atoms with Crippen molar-refractivity contribution >= 4 is 46.4 Å². The van der Waals surface area contributed by atoms with E-state index >= 15 is 0 Å². The summed E-state index contributed by atoms with van der Waals surface area (Å²) >= 11 is 14.0. The van der Waals surface area contributed by atoms with Crippen LogP contribution in [0.15, 0.2) is 53.9 Å². The fourth-order valence-corrected chi connectivity index (χ4v) is 5.78. The van der Waals surface area contributed by atoms with Gasteiger partial charge in [0.2, 0.25) is 5.91 Å². The molecule has 0 aliphatic carbocycles. The van der Waals surface area contributed by atoms with Gasteiger partial charge in [0, 0.05) is 33.6 Å². The molecule has 37 heavy (non-hydrogen) atoms. The molecular weight excluding hydrogens is 527 g/mol. The standard InChI is InChI=1S/C29H32Cl2N2O3S/c1-4-19(2)16-32(29(35)21-6-5-7-22(30)15-21)17-28(34)33-12-10-27-24(11-13-37-27)26(33)18-36-23-8-9-25(31)20(3)14-23/h5-9,11,13-15,19,26H,4,10,12,16-18H2,1-3H3/t19-,26-/m0/s1. The predicted octanol–water partition coefficient (Wildman–Crippen LogP) is 7.06. The van der Waals surface area contributed by atoms with Crippen LogP contribution < -0.4 is 4.74 Å². The summed E-state index contributed by atoms with van der Waals surface area (Å²) in [6.07, 6.45) is 1.70. The second-order valence-corrected chi connectivity index (χ2v) is 11.4. The topological polar surface area (TPSA) is 49.9 Å². The van der Waals surface area contributed by atoms with Crippen molar-refractivity contribution in [2.75, 3.05) is 26.2 Å². The first kappa shape index (κ1) is 27.5. The molecule has 8 heteroatoms. The number of hydrogen-bond acceptors (Lipinski definition) is 4. The maximum atomic E-state index is 13.8. The summed E-state index contributed by atoms with van der Waals surface area (Å²) in [5.74, 6) is 0.699. The maximum Gasteiger partial charge on any atom is 0.254 e. The quantitative estimate of drug-likeness (QED) is 0.282. The van der Waals surface area contributed by atoms with Crippen LogP contribution in [0.25, 0.3) is 0 Å². The van der Waals surface area contributed by atoms with Crippen molar-refractivity contribution in [2.24, 2.45) is 5.92 Å². The van der Waals surface area contributed by atoms with Gasteiger partial charge in [-0.1, -0.05) is 49.5 Å². The van der Waals surface area contributed by atoms with Crippen LogP contribution in [0.5, 0.6) is 5.75 Å². The lowest BCUT2D eigenvalue weighted by Gasteiger charge is -2.37. The summed E-state index contributed by atoms with van der Waals surface area (Å²) in [5, 5.41) is 3.25. The van der Waals surface area contributed by atoms with Gasteiger partial charge in [-0.3, -0.25) is 9.59 Å². The van der Waals surface area contributed by atoms with E-state index in [0.29, 0.717) is 41.1 Å². The van der Waals surface area contributed by atoms with E-state index in [4.69, 9.17) is 27.9 Å². The molecule has 0 saturated heterocycles. The fraction of sp³-hybridized carbons (Fsp3) is 0.379. The molecule has 0 unspecified atom stereocenters. The Kier molecular flexibility index (Phi) is 9.17. The van der Waals surface area contributed by atoms with Crippen LogP contribution in [0.3, 0.4) is 0 Å². The highest BCUT2D eigenvalue weighted by Crippen LogP contribution is 2.34. The van der Waals surface area contributed by atoms with Crippen molar-refractivity contribution in [1.82, 2.24) is 9.80 Å². The minimum atomic E-state index is -0.231. The van der Waals surface area contributed by atoms with E-state index in [0.717, 1.165) is 24.0 Å². The van der Waals surface area contributed by atoms with E-state index in [-0.39, 0.29) is 30.3 Å². The number of rotatable bonds is 9. The first-order valence-corrected chi connectivity index (χ1v) is 14.2. The van der Waals surface area contributed by atoms with E-state index in [1.54, 1.807) is 40.5 Å². The largest absolute Gasteiger partial charge is 0.491 e. The SMILES string of the molecule is CC[C@H](C)CN(CC(=O)N1CCc2sccc2[C@@H]1COc1ccc(Cl)c(C)c1)C(=O)c1cccc(Cl)c1. The van der Waals surface area contributed by atoms with Crippen LogP contribution in [0.2, 0.25) is 10.0 Å². The molecule has 1 aromatic heterocycles. The van der Waals surface area contributed by atoms with E-state index in [9.17, 15) is 9.59 Å².